The van der Waals surface area contributed by atoms with Gasteiger partial charge in [-0.15, -0.1) is 0 Å². The zero-order valence-corrected chi connectivity index (χ0v) is 24.4. The molecule has 43 heavy (non-hydrogen) atoms. The summed E-state index contributed by atoms with van der Waals surface area (Å²) in [4.78, 5) is 20.0. The lowest BCUT2D eigenvalue weighted by Gasteiger charge is -2.23. The maximum Gasteiger partial charge on any atom is 0.303 e. The third-order valence-electron chi connectivity index (χ3n) is 7.25. The highest BCUT2D eigenvalue weighted by Gasteiger charge is 2.34. The van der Waals surface area contributed by atoms with E-state index in [0.717, 1.165) is 44.1 Å². The molecule has 0 spiro atoms. The number of halogens is 3. The smallest absolute Gasteiger partial charge is 0.303 e. The molecule has 2 aliphatic heterocycles. The Morgan fingerprint density at radius 3 is 2.70 bits per heavy atom. The number of sulfonamides is 1. The number of piperidine rings is 1. The first-order chi connectivity index (χ1) is 20.6. The quantitative estimate of drug-likeness (QED) is 0.236. The molecular formula is C29H26ClF2N5O5S. The molecular weight excluding hydrogens is 604 g/mol. The lowest BCUT2D eigenvalue weighted by molar-refractivity contribution is -0.147. The number of nitrogens with one attached hydrogen (secondary N) is 3. The fourth-order valence-corrected chi connectivity index (χ4v) is 6.78. The molecule has 6 rings (SSSR count). The van der Waals surface area contributed by atoms with Gasteiger partial charge in [0.1, 0.15) is 23.1 Å². The molecule has 1 atom stereocenters. The molecule has 14 heteroatoms. The van der Waals surface area contributed by atoms with Gasteiger partial charge in [0.15, 0.2) is 11.9 Å². The van der Waals surface area contributed by atoms with Crippen molar-refractivity contribution in [2.75, 3.05) is 29.7 Å². The van der Waals surface area contributed by atoms with Gasteiger partial charge in [0.05, 0.1) is 16.8 Å². The number of carbonyl (C=O) groups is 1. The van der Waals surface area contributed by atoms with E-state index in [4.69, 9.17) is 21.1 Å². The number of anilines is 2. The summed E-state index contributed by atoms with van der Waals surface area (Å²) in [5.74, 6) is -2.20. The Labute approximate surface area is 250 Å². The lowest BCUT2D eigenvalue weighted by atomic mass is 10.0. The van der Waals surface area contributed by atoms with Gasteiger partial charge in [-0.1, -0.05) is 17.7 Å². The molecule has 0 saturated carbocycles. The Morgan fingerprint density at radius 1 is 1.14 bits per heavy atom. The molecule has 1 fully saturated rings. The highest BCUT2D eigenvalue weighted by Crippen LogP contribution is 2.43. The molecule has 10 nitrogen and oxygen atoms in total. The number of carbonyl (C=O) groups excluding carboxylic acids is 1. The van der Waals surface area contributed by atoms with Crippen molar-refractivity contribution in [3.8, 4) is 16.9 Å². The van der Waals surface area contributed by atoms with E-state index in [1.807, 2.05) is 0 Å². The number of hydrogen-bond acceptors (Lipinski definition) is 9. The number of nitrogens with zero attached hydrogens (tertiary/aromatic N) is 2. The summed E-state index contributed by atoms with van der Waals surface area (Å²) >= 11 is 6.17. The van der Waals surface area contributed by atoms with Crippen molar-refractivity contribution in [3.05, 3.63) is 70.9 Å². The largest absolute Gasteiger partial charge is 0.487 e. The van der Waals surface area contributed by atoms with Crippen LogP contribution in [0, 0.1) is 11.6 Å². The van der Waals surface area contributed by atoms with E-state index in [1.165, 1.54) is 25.1 Å². The highest BCUT2D eigenvalue weighted by atomic mass is 35.5. The third-order valence-corrected chi connectivity index (χ3v) is 8.84. The van der Waals surface area contributed by atoms with Gasteiger partial charge >= 0.3 is 5.97 Å². The number of benzene rings is 3. The first-order valence-corrected chi connectivity index (χ1v) is 15.3. The van der Waals surface area contributed by atoms with Crippen molar-refractivity contribution >= 4 is 50.1 Å². The van der Waals surface area contributed by atoms with Crippen molar-refractivity contribution < 1.29 is 31.5 Å². The minimum Gasteiger partial charge on any atom is -0.487 e. The molecule has 3 N–H and O–H groups in total. The highest BCUT2D eigenvalue weighted by molar-refractivity contribution is 7.92. The second-order valence-corrected chi connectivity index (χ2v) is 12.3. The molecule has 0 radical (unpaired) electrons. The van der Waals surface area contributed by atoms with Crippen molar-refractivity contribution in [1.82, 2.24) is 15.3 Å². The normalized spacial score (nSPS) is 16.9. The number of rotatable bonds is 7. The van der Waals surface area contributed by atoms with Gasteiger partial charge in [-0.25, -0.2) is 27.2 Å². The monoisotopic (exact) mass is 629 g/mol. The SMILES string of the molecule is CC(=O)OC1COc2c1cc(Cl)cc2S(=O)(=O)Nc1ccc(F)c(-c2ccc3nc(NC4CCNCC4)ncc3c2)c1F. The molecule has 0 aliphatic carbocycles. The van der Waals surface area contributed by atoms with Crippen LogP contribution in [0.15, 0.2) is 53.6 Å². The van der Waals surface area contributed by atoms with Crippen LogP contribution >= 0.6 is 11.6 Å². The minimum atomic E-state index is -4.49. The molecule has 3 heterocycles. The molecule has 0 bridgehead atoms. The topological polar surface area (TPSA) is 132 Å². The average molecular weight is 630 g/mol. The maximum absolute atomic E-state index is 15.8. The van der Waals surface area contributed by atoms with Gasteiger partial charge < -0.3 is 20.1 Å². The van der Waals surface area contributed by atoms with E-state index >= 15 is 8.78 Å². The zero-order chi connectivity index (χ0) is 30.3. The van der Waals surface area contributed by atoms with Crippen LogP contribution in [-0.4, -0.2) is 50.1 Å². The van der Waals surface area contributed by atoms with Gasteiger partial charge in [0.25, 0.3) is 10.0 Å². The van der Waals surface area contributed by atoms with Crippen molar-refractivity contribution in [3.63, 3.8) is 0 Å². The minimum absolute atomic E-state index is 0.0366. The van der Waals surface area contributed by atoms with Gasteiger partial charge in [-0.3, -0.25) is 9.52 Å². The van der Waals surface area contributed by atoms with E-state index in [-0.39, 0.29) is 39.4 Å². The zero-order valence-electron chi connectivity index (χ0n) is 22.8. The van der Waals surface area contributed by atoms with E-state index in [0.29, 0.717) is 16.9 Å². The standard InChI is InChI=1S/C29H26ClF2N5O5S/c1-15(38)42-24-14-41-28-20(24)11-18(30)12-25(28)43(39,40)37-23-5-3-21(31)26(27(23)32)16-2-4-22-17(10-16)13-34-29(36-22)35-19-6-8-33-9-7-19/h2-5,10-13,19,24,33,37H,6-9,14H2,1H3,(H,34,35,36). The van der Waals surface area contributed by atoms with Crippen LogP contribution in [0.4, 0.5) is 20.4 Å². The summed E-state index contributed by atoms with van der Waals surface area (Å²) in [6.45, 7) is 2.91. The van der Waals surface area contributed by atoms with Crippen LogP contribution < -0.4 is 20.1 Å². The van der Waals surface area contributed by atoms with Crippen molar-refractivity contribution in [1.29, 1.82) is 0 Å². The predicted octanol–water partition coefficient (Wildman–Crippen LogP) is 5.19. The van der Waals surface area contributed by atoms with Crippen LogP contribution in [-0.2, 0) is 19.6 Å². The van der Waals surface area contributed by atoms with Crippen molar-refractivity contribution in [2.45, 2.75) is 36.8 Å². The van der Waals surface area contributed by atoms with E-state index in [2.05, 4.69) is 25.3 Å². The number of aromatic nitrogens is 2. The Hall–Kier alpha value is -4.07. The Morgan fingerprint density at radius 2 is 1.93 bits per heavy atom. The van der Waals surface area contributed by atoms with Crippen LogP contribution in [0.2, 0.25) is 5.02 Å². The molecule has 1 unspecified atom stereocenters. The van der Waals surface area contributed by atoms with Crippen LogP contribution in [0.3, 0.4) is 0 Å². The molecule has 2 aliphatic rings. The van der Waals surface area contributed by atoms with E-state index in [1.54, 1.807) is 12.3 Å². The fourth-order valence-electron chi connectivity index (χ4n) is 5.23. The maximum atomic E-state index is 15.8. The second kappa shape index (κ2) is 11.5. The van der Waals surface area contributed by atoms with Crippen LogP contribution in [0.5, 0.6) is 5.75 Å². The predicted molar refractivity (Wildman–Crippen MR) is 157 cm³/mol. The summed E-state index contributed by atoms with van der Waals surface area (Å²) in [5.41, 5.74) is 0.0898. The second-order valence-electron chi connectivity index (χ2n) is 10.3. The van der Waals surface area contributed by atoms with Gasteiger partial charge in [-0.2, -0.15) is 0 Å². The summed E-state index contributed by atoms with van der Waals surface area (Å²) < 4.78 is 70.6. The molecule has 1 saturated heterocycles. The van der Waals surface area contributed by atoms with Gasteiger partial charge in [0.2, 0.25) is 5.95 Å². The molecule has 4 aromatic rings. The van der Waals surface area contributed by atoms with Gasteiger partial charge in [-0.05, 0) is 67.9 Å². The molecule has 224 valence electrons. The average Bonchev–Trinajstić information content (AvgIpc) is 3.36. The van der Waals surface area contributed by atoms with E-state index < -0.39 is 45.0 Å². The molecule has 1 aromatic heterocycles. The molecule has 3 aromatic carbocycles. The van der Waals surface area contributed by atoms with Crippen LogP contribution in [0.25, 0.3) is 22.0 Å². The van der Waals surface area contributed by atoms with Crippen molar-refractivity contribution in [2.24, 2.45) is 0 Å². The Kier molecular flexibility index (Phi) is 7.79. The Balaban J connectivity index is 1.30. The van der Waals surface area contributed by atoms with Gasteiger partial charge in [0, 0.05) is 35.1 Å². The number of esters is 1. The third kappa shape index (κ3) is 5.92. The summed E-state index contributed by atoms with van der Waals surface area (Å²) in [5, 5.41) is 7.21. The number of fused-ring (bicyclic) bond motifs is 2. The Bertz CT molecular complexity index is 1850. The lowest BCUT2D eigenvalue weighted by Crippen LogP contribution is -2.35. The summed E-state index contributed by atoms with van der Waals surface area (Å²) in [6.07, 6.45) is 2.60. The first kappa shape index (κ1) is 29.0. The van der Waals surface area contributed by atoms with Crippen LogP contribution in [0.1, 0.15) is 31.4 Å². The summed E-state index contributed by atoms with van der Waals surface area (Å²) in [7, 11) is -4.49. The first-order valence-electron chi connectivity index (χ1n) is 13.5. The fraction of sp³-hybridized carbons (Fsp3) is 0.276. The number of ether oxygens (including phenoxy) is 2. The van der Waals surface area contributed by atoms with E-state index in [9.17, 15) is 13.2 Å². The number of hydrogen-bond donors (Lipinski definition) is 3. The molecule has 0 amide bonds. The summed E-state index contributed by atoms with van der Waals surface area (Å²) in [6, 6.07) is 9.46.